The third kappa shape index (κ3) is 3.41. The second-order valence-corrected chi connectivity index (χ2v) is 7.78. The average molecular weight is 443 g/mol. The lowest BCUT2D eigenvalue weighted by atomic mass is 9.83. The highest BCUT2D eigenvalue weighted by molar-refractivity contribution is 5.91. The van der Waals surface area contributed by atoms with Gasteiger partial charge in [-0.15, -0.1) is 0 Å². The standard InChI is InChI=1S/C22H17F4N5O/c1-30-7-6-18(29-30)16-9-14(3-4-17(16)22(24,25)26)28-21(32)31-11-12-2-5-19(31)20-15(12)8-13(23)10-27-20/h2-10,12,19H,11H2,1H3,(H,28,32). The highest BCUT2D eigenvalue weighted by Gasteiger charge is 2.39. The molecule has 2 amide bonds. The van der Waals surface area contributed by atoms with Crippen molar-refractivity contribution < 1.29 is 22.4 Å². The lowest BCUT2D eigenvalue weighted by molar-refractivity contribution is -0.137. The number of amides is 2. The molecule has 2 atom stereocenters. The topological polar surface area (TPSA) is 63.1 Å². The summed E-state index contributed by atoms with van der Waals surface area (Å²) < 4.78 is 55.6. The van der Waals surface area contributed by atoms with Gasteiger partial charge in [-0.1, -0.05) is 12.2 Å². The third-order valence-corrected chi connectivity index (χ3v) is 5.68. The Labute approximate surface area is 180 Å². The van der Waals surface area contributed by atoms with Crippen LogP contribution in [0.5, 0.6) is 0 Å². The zero-order valence-electron chi connectivity index (χ0n) is 16.8. The van der Waals surface area contributed by atoms with Gasteiger partial charge in [0.25, 0.3) is 0 Å². The highest BCUT2D eigenvalue weighted by Crippen LogP contribution is 2.42. The molecule has 1 aliphatic carbocycles. The predicted molar refractivity (Wildman–Crippen MR) is 108 cm³/mol. The molecule has 164 valence electrons. The molecule has 10 heteroatoms. The van der Waals surface area contributed by atoms with Crippen molar-refractivity contribution in [3.05, 3.63) is 77.5 Å². The van der Waals surface area contributed by atoms with Gasteiger partial charge in [0, 0.05) is 37.0 Å². The molecule has 2 unspecified atom stereocenters. The van der Waals surface area contributed by atoms with E-state index < -0.39 is 29.6 Å². The van der Waals surface area contributed by atoms with Crippen LogP contribution in [0.15, 0.2) is 54.9 Å². The maximum absolute atomic E-state index is 13.6. The Kier molecular flexibility index (Phi) is 4.54. The number of aromatic nitrogens is 3. The molecule has 0 saturated carbocycles. The Morgan fingerprint density at radius 3 is 2.72 bits per heavy atom. The molecule has 4 heterocycles. The Balaban J connectivity index is 1.44. The van der Waals surface area contributed by atoms with E-state index >= 15 is 0 Å². The fraction of sp³-hybridized carbons (Fsp3) is 0.227. The molecule has 6 rings (SSSR count). The van der Waals surface area contributed by atoms with Gasteiger partial charge >= 0.3 is 12.2 Å². The number of benzene rings is 1. The molecule has 2 bridgehead atoms. The number of aryl methyl sites for hydroxylation is 1. The van der Waals surface area contributed by atoms with Crippen molar-refractivity contribution in [3.63, 3.8) is 0 Å². The van der Waals surface area contributed by atoms with Crippen molar-refractivity contribution in [1.29, 1.82) is 0 Å². The minimum absolute atomic E-state index is 0.126. The van der Waals surface area contributed by atoms with Crippen LogP contribution < -0.4 is 5.32 Å². The number of alkyl halides is 3. The van der Waals surface area contributed by atoms with Gasteiger partial charge < -0.3 is 10.2 Å². The Bertz CT molecular complexity index is 1250. The van der Waals surface area contributed by atoms with Crippen molar-refractivity contribution >= 4 is 11.7 Å². The number of halogens is 4. The van der Waals surface area contributed by atoms with Gasteiger partial charge in [0.05, 0.1) is 29.2 Å². The van der Waals surface area contributed by atoms with Gasteiger partial charge in [-0.2, -0.15) is 18.3 Å². The van der Waals surface area contributed by atoms with Crippen LogP contribution in [0, 0.1) is 5.82 Å². The van der Waals surface area contributed by atoms with Crippen LogP contribution in [-0.2, 0) is 13.2 Å². The summed E-state index contributed by atoms with van der Waals surface area (Å²) in [4.78, 5) is 18.7. The maximum atomic E-state index is 13.6. The second kappa shape index (κ2) is 7.18. The molecule has 3 aromatic rings. The minimum atomic E-state index is -4.57. The summed E-state index contributed by atoms with van der Waals surface area (Å²) in [5, 5.41) is 6.76. The van der Waals surface area contributed by atoms with E-state index in [0.29, 0.717) is 12.2 Å². The minimum Gasteiger partial charge on any atom is -0.311 e. The van der Waals surface area contributed by atoms with Crippen LogP contribution in [0.2, 0.25) is 0 Å². The summed E-state index contributed by atoms with van der Waals surface area (Å²) in [6, 6.07) is 5.37. The monoisotopic (exact) mass is 443 g/mol. The number of hydrogen-bond donors (Lipinski definition) is 1. The second-order valence-electron chi connectivity index (χ2n) is 7.78. The number of carbonyl (C=O) groups excluding carboxylic acids is 1. The number of nitrogens with zero attached hydrogens (tertiary/aromatic N) is 4. The number of fused-ring (bicyclic) bond motifs is 1. The third-order valence-electron chi connectivity index (χ3n) is 5.68. The van der Waals surface area contributed by atoms with Gasteiger partial charge in [0.15, 0.2) is 0 Å². The number of hydrogen-bond acceptors (Lipinski definition) is 3. The van der Waals surface area contributed by atoms with Crippen LogP contribution in [0.1, 0.15) is 28.8 Å². The van der Waals surface area contributed by atoms with E-state index in [4.69, 9.17) is 0 Å². The number of urea groups is 1. The average Bonchev–Trinajstić information content (AvgIpc) is 3.19. The Hall–Kier alpha value is -3.69. The van der Waals surface area contributed by atoms with Crippen LogP contribution >= 0.6 is 0 Å². The zero-order chi connectivity index (χ0) is 22.6. The SMILES string of the molecule is Cn1ccc(-c2cc(NC(=O)N3CC4C=CC3c3ncc(F)cc34)ccc2C(F)(F)F)n1. The molecule has 1 aromatic carbocycles. The first-order valence-corrected chi connectivity index (χ1v) is 9.83. The molecule has 3 aliphatic rings. The van der Waals surface area contributed by atoms with Crippen molar-refractivity contribution in [2.45, 2.75) is 18.1 Å². The summed E-state index contributed by atoms with van der Waals surface area (Å²) in [5.74, 6) is -0.631. The summed E-state index contributed by atoms with van der Waals surface area (Å²) in [5.41, 5.74) is 0.737. The largest absolute Gasteiger partial charge is 0.417 e. The lowest BCUT2D eigenvalue weighted by Gasteiger charge is -2.41. The number of anilines is 1. The summed E-state index contributed by atoms with van der Waals surface area (Å²) in [6.45, 7) is 0.318. The quantitative estimate of drug-likeness (QED) is 0.454. The maximum Gasteiger partial charge on any atom is 0.417 e. The first-order chi connectivity index (χ1) is 15.2. The first kappa shape index (κ1) is 20.2. The molecule has 0 fully saturated rings. The number of pyridine rings is 1. The number of rotatable bonds is 2. The molecular formula is C22H17F4N5O. The number of nitrogens with one attached hydrogen (secondary N) is 1. The van der Waals surface area contributed by atoms with E-state index in [1.807, 2.05) is 12.2 Å². The van der Waals surface area contributed by atoms with E-state index in [2.05, 4.69) is 15.4 Å². The van der Waals surface area contributed by atoms with Crippen LogP contribution in [-0.4, -0.2) is 32.2 Å². The lowest BCUT2D eigenvalue weighted by Crippen LogP contribution is -2.45. The van der Waals surface area contributed by atoms with Crippen molar-refractivity contribution in [2.24, 2.45) is 7.05 Å². The molecular weight excluding hydrogens is 426 g/mol. The van der Waals surface area contributed by atoms with E-state index in [1.165, 1.54) is 33.8 Å². The summed E-state index contributed by atoms with van der Waals surface area (Å²) >= 11 is 0. The molecule has 2 aromatic heterocycles. The van der Waals surface area contributed by atoms with Gasteiger partial charge in [-0.25, -0.2) is 9.18 Å². The van der Waals surface area contributed by atoms with E-state index in [-0.39, 0.29) is 22.9 Å². The fourth-order valence-corrected chi connectivity index (χ4v) is 4.22. The Morgan fingerprint density at radius 1 is 1.19 bits per heavy atom. The fourth-order valence-electron chi connectivity index (χ4n) is 4.22. The van der Waals surface area contributed by atoms with Crippen molar-refractivity contribution in [2.75, 3.05) is 11.9 Å². The molecule has 0 spiro atoms. The normalized spacial score (nSPS) is 19.2. The van der Waals surface area contributed by atoms with Crippen LogP contribution in [0.3, 0.4) is 0 Å². The van der Waals surface area contributed by atoms with Crippen LogP contribution in [0.25, 0.3) is 11.3 Å². The van der Waals surface area contributed by atoms with Gasteiger partial charge in [0.1, 0.15) is 5.82 Å². The smallest absolute Gasteiger partial charge is 0.311 e. The van der Waals surface area contributed by atoms with Crippen molar-refractivity contribution in [1.82, 2.24) is 19.7 Å². The molecule has 6 nitrogen and oxygen atoms in total. The molecule has 0 radical (unpaired) electrons. The molecule has 1 N–H and O–H groups in total. The predicted octanol–water partition coefficient (Wildman–Crippen LogP) is 4.88. The number of carbonyl (C=O) groups is 1. The molecule has 0 saturated heterocycles. The van der Waals surface area contributed by atoms with Gasteiger partial charge in [-0.05, 0) is 35.9 Å². The zero-order valence-corrected chi connectivity index (χ0v) is 16.8. The molecule has 2 aliphatic heterocycles. The van der Waals surface area contributed by atoms with E-state index in [0.717, 1.165) is 17.8 Å². The van der Waals surface area contributed by atoms with E-state index in [1.54, 1.807) is 13.2 Å². The van der Waals surface area contributed by atoms with Gasteiger partial charge in [-0.3, -0.25) is 9.67 Å². The van der Waals surface area contributed by atoms with Crippen LogP contribution in [0.4, 0.5) is 28.0 Å². The summed E-state index contributed by atoms with van der Waals surface area (Å²) in [6.07, 6.45) is 1.82. The summed E-state index contributed by atoms with van der Waals surface area (Å²) in [7, 11) is 1.61. The van der Waals surface area contributed by atoms with Crippen molar-refractivity contribution in [3.8, 4) is 11.3 Å². The highest BCUT2D eigenvalue weighted by atomic mass is 19.4. The van der Waals surface area contributed by atoms with Gasteiger partial charge in [0.2, 0.25) is 0 Å². The van der Waals surface area contributed by atoms with E-state index in [9.17, 15) is 22.4 Å². The molecule has 32 heavy (non-hydrogen) atoms. The Morgan fingerprint density at radius 2 is 2.00 bits per heavy atom. The first-order valence-electron chi connectivity index (χ1n) is 9.83.